The topological polar surface area (TPSA) is 29.3 Å². The first-order valence-electron chi connectivity index (χ1n) is 5.80. The molecule has 1 heterocycles. The molecule has 94 valence electrons. The van der Waals surface area contributed by atoms with E-state index in [4.69, 9.17) is 12.2 Å². The van der Waals surface area contributed by atoms with Crippen molar-refractivity contribution in [2.45, 2.75) is 13.5 Å². The summed E-state index contributed by atoms with van der Waals surface area (Å²) in [5.74, 6) is 0. The highest BCUT2D eigenvalue weighted by atomic mass is 32.1. The minimum atomic E-state index is 0.543. The summed E-state index contributed by atoms with van der Waals surface area (Å²) in [7, 11) is 0. The Morgan fingerprint density at radius 1 is 1.39 bits per heavy atom. The molecule has 0 fully saturated rings. The molecular weight excluding hydrogens is 262 g/mol. The van der Waals surface area contributed by atoms with Crippen molar-refractivity contribution in [2.75, 3.05) is 6.54 Å². The maximum Gasteiger partial charge on any atom is 0.195 e. The van der Waals surface area contributed by atoms with Crippen LogP contribution in [-0.4, -0.2) is 16.2 Å². The quantitative estimate of drug-likeness (QED) is 0.873. The SMILES string of the molecule is CCNC(=S)N=c1sccn1Cc1ccccc1. The van der Waals surface area contributed by atoms with Gasteiger partial charge in [-0.3, -0.25) is 0 Å². The van der Waals surface area contributed by atoms with Gasteiger partial charge < -0.3 is 9.88 Å². The van der Waals surface area contributed by atoms with E-state index in [1.807, 2.05) is 36.7 Å². The van der Waals surface area contributed by atoms with Gasteiger partial charge in [0, 0.05) is 24.7 Å². The molecule has 2 aromatic rings. The molecule has 0 spiro atoms. The minimum absolute atomic E-state index is 0.543. The van der Waals surface area contributed by atoms with E-state index in [1.54, 1.807) is 11.3 Å². The Kier molecular flexibility index (Phi) is 4.66. The second kappa shape index (κ2) is 6.47. The van der Waals surface area contributed by atoms with Crippen LogP contribution in [0.4, 0.5) is 0 Å². The zero-order valence-corrected chi connectivity index (χ0v) is 11.8. The number of nitrogens with zero attached hydrogens (tertiary/aromatic N) is 2. The van der Waals surface area contributed by atoms with Crippen molar-refractivity contribution in [3.05, 3.63) is 52.3 Å². The van der Waals surface area contributed by atoms with Crippen LogP contribution in [0.5, 0.6) is 0 Å². The van der Waals surface area contributed by atoms with Gasteiger partial charge in [0.15, 0.2) is 9.91 Å². The maximum absolute atomic E-state index is 5.14. The fourth-order valence-electron chi connectivity index (χ4n) is 1.56. The van der Waals surface area contributed by atoms with Crippen LogP contribution in [0.1, 0.15) is 12.5 Å². The molecule has 1 aromatic heterocycles. The van der Waals surface area contributed by atoms with E-state index in [0.717, 1.165) is 17.9 Å². The Labute approximate surface area is 116 Å². The van der Waals surface area contributed by atoms with Gasteiger partial charge in [-0.05, 0) is 24.7 Å². The zero-order chi connectivity index (χ0) is 12.8. The van der Waals surface area contributed by atoms with E-state index in [2.05, 4.69) is 27.0 Å². The molecule has 0 bridgehead atoms. The van der Waals surface area contributed by atoms with Crippen molar-refractivity contribution >= 4 is 28.7 Å². The smallest absolute Gasteiger partial charge is 0.195 e. The molecule has 2 rings (SSSR count). The van der Waals surface area contributed by atoms with Crippen molar-refractivity contribution < 1.29 is 0 Å². The van der Waals surface area contributed by atoms with Crippen molar-refractivity contribution in [1.82, 2.24) is 9.88 Å². The van der Waals surface area contributed by atoms with Crippen molar-refractivity contribution in [3.63, 3.8) is 0 Å². The fourth-order valence-corrected chi connectivity index (χ4v) is 2.59. The van der Waals surface area contributed by atoms with Crippen LogP contribution in [-0.2, 0) is 6.54 Å². The lowest BCUT2D eigenvalue weighted by Crippen LogP contribution is -2.24. The zero-order valence-electron chi connectivity index (χ0n) is 10.2. The molecule has 0 unspecified atom stereocenters. The van der Waals surface area contributed by atoms with Crippen LogP contribution in [0.15, 0.2) is 46.9 Å². The van der Waals surface area contributed by atoms with E-state index < -0.39 is 0 Å². The number of rotatable bonds is 3. The van der Waals surface area contributed by atoms with Crippen LogP contribution in [0.25, 0.3) is 0 Å². The van der Waals surface area contributed by atoms with Gasteiger partial charge in [0.1, 0.15) is 0 Å². The van der Waals surface area contributed by atoms with Crippen molar-refractivity contribution in [2.24, 2.45) is 4.99 Å². The number of aromatic nitrogens is 1. The number of thiazole rings is 1. The number of nitrogens with one attached hydrogen (secondary N) is 1. The minimum Gasteiger partial charge on any atom is -0.361 e. The van der Waals surface area contributed by atoms with E-state index in [1.165, 1.54) is 5.56 Å². The molecule has 0 aliphatic heterocycles. The first kappa shape index (κ1) is 13.0. The summed E-state index contributed by atoms with van der Waals surface area (Å²) in [5, 5.41) is 5.60. The van der Waals surface area contributed by atoms with E-state index in [0.29, 0.717) is 5.11 Å². The molecule has 0 aliphatic rings. The summed E-state index contributed by atoms with van der Waals surface area (Å²) in [6.45, 7) is 3.62. The molecule has 0 aliphatic carbocycles. The van der Waals surface area contributed by atoms with Crippen LogP contribution in [0.3, 0.4) is 0 Å². The summed E-state index contributed by atoms with van der Waals surface area (Å²) in [6, 6.07) is 10.3. The predicted octanol–water partition coefficient (Wildman–Crippen LogP) is 2.39. The lowest BCUT2D eigenvalue weighted by atomic mass is 10.2. The maximum atomic E-state index is 5.14. The Morgan fingerprint density at radius 3 is 2.89 bits per heavy atom. The van der Waals surface area contributed by atoms with Crippen LogP contribution in [0, 0.1) is 0 Å². The van der Waals surface area contributed by atoms with Gasteiger partial charge in [0.2, 0.25) is 0 Å². The molecule has 1 N–H and O–H groups in total. The molecule has 0 amide bonds. The van der Waals surface area contributed by atoms with Crippen LogP contribution < -0.4 is 10.1 Å². The highest BCUT2D eigenvalue weighted by molar-refractivity contribution is 7.80. The number of hydrogen-bond acceptors (Lipinski definition) is 2. The Bertz CT molecular complexity index is 569. The van der Waals surface area contributed by atoms with Gasteiger partial charge >= 0.3 is 0 Å². The summed E-state index contributed by atoms with van der Waals surface area (Å²) in [4.78, 5) is 5.33. The Morgan fingerprint density at radius 2 is 2.17 bits per heavy atom. The molecule has 0 radical (unpaired) electrons. The first-order valence-corrected chi connectivity index (χ1v) is 7.09. The molecule has 0 atom stereocenters. The van der Waals surface area contributed by atoms with Gasteiger partial charge in [0.05, 0.1) is 0 Å². The fraction of sp³-hybridized carbons (Fsp3) is 0.231. The monoisotopic (exact) mass is 277 g/mol. The predicted molar refractivity (Wildman–Crippen MR) is 79.7 cm³/mol. The van der Waals surface area contributed by atoms with Gasteiger partial charge in [-0.15, -0.1) is 11.3 Å². The molecule has 3 nitrogen and oxygen atoms in total. The number of hydrogen-bond donors (Lipinski definition) is 1. The number of thiocarbonyl (C=S) groups is 1. The molecule has 0 saturated carbocycles. The highest BCUT2D eigenvalue weighted by Crippen LogP contribution is 2.01. The van der Waals surface area contributed by atoms with Gasteiger partial charge in [-0.2, -0.15) is 4.99 Å². The third kappa shape index (κ3) is 3.51. The first-order chi connectivity index (χ1) is 8.79. The number of benzene rings is 1. The molecule has 18 heavy (non-hydrogen) atoms. The summed E-state index contributed by atoms with van der Waals surface area (Å²) in [6.07, 6.45) is 2.03. The largest absolute Gasteiger partial charge is 0.361 e. The molecule has 0 saturated heterocycles. The lowest BCUT2D eigenvalue weighted by molar-refractivity contribution is 0.770. The summed E-state index contributed by atoms with van der Waals surface area (Å²) in [5.41, 5.74) is 1.26. The Hall–Kier alpha value is -1.46. The van der Waals surface area contributed by atoms with Gasteiger partial charge in [-0.25, -0.2) is 0 Å². The molecule has 5 heteroatoms. The van der Waals surface area contributed by atoms with E-state index >= 15 is 0 Å². The average molecular weight is 277 g/mol. The third-order valence-corrected chi connectivity index (χ3v) is 3.41. The normalized spacial score (nSPS) is 11.5. The molecular formula is C13H15N3S2. The van der Waals surface area contributed by atoms with Gasteiger partial charge in [-0.1, -0.05) is 30.3 Å². The van der Waals surface area contributed by atoms with Crippen LogP contribution in [0.2, 0.25) is 0 Å². The summed E-state index contributed by atoms with van der Waals surface area (Å²) >= 11 is 6.73. The van der Waals surface area contributed by atoms with E-state index in [9.17, 15) is 0 Å². The Balaban J connectivity index is 2.20. The highest BCUT2D eigenvalue weighted by Gasteiger charge is 1.98. The van der Waals surface area contributed by atoms with E-state index in [-0.39, 0.29) is 0 Å². The molecule has 1 aromatic carbocycles. The summed E-state index contributed by atoms with van der Waals surface area (Å²) < 4.78 is 2.10. The lowest BCUT2D eigenvalue weighted by Gasteiger charge is -2.03. The van der Waals surface area contributed by atoms with Gasteiger partial charge in [0.25, 0.3) is 0 Å². The second-order valence-corrected chi connectivity index (χ2v) is 5.01. The second-order valence-electron chi connectivity index (χ2n) is 3.75. The average Bonchev–Trinajstić information content (AvgIpc) is 2.78. The van der Waals surface area contributed by atoms with Crippen molar-refractivity contribution in [1.29, 1.82) is 0 Å². The van der Waals surface area contributed by atoms with Crippen molar-refractivity contribution in [3.8, 4) is 0 Å². The standard InChI is InChI=1S/C13H15N3S2/c1-2-14-12(17)15-13-16(8-9-18-13)10-11-6-4-3-5-7-11/h3-9H,2,10H2,1H3,(H,14,17). The van der Waals surface area contributed by atoms with Crippen LogP contribution >= 0.6 is 23.6 Å². The third-order valence-electron chi connectivity index (χ3n) is 2.38.